The van der Waals surface area contributed by atoms with Crippen LogP contribution in [0.1, 0.15) is 16.5 Å². The van der Waals surface area contributed by atoms with Crippen molar-refractivity contribution in [2.75, 3.05) is 0 Å². The van der Waals surface area contributed by atoms with Crippen molar-refractivity contribution in [2.45, 2.75) is 12.5 Å². The molecule has 0 spiro atoms. The lowest BCUT2D eigenvalue weighted by molar-refractivity contribution is 0.179. The summed E-state index contributed by atoms with van der Waals surface area (Å²) in [6.07, 6.45) is 0.176. The van der Waals surface area contributed by atoms with Crippen molar-refractivity contribution in [2.24, 2.45) is 0 Å². The Morgan fingerprint density at radius 3 is 2.47 bits per heavy atom. The van der Waals surface area contributed by atoms with Crippen molar-refractivity contribution in [3.63, 3.8) is 0 Å². The van der Waals surface area contributed by atoms with Gasteiger partial charge in [-0.15, -0.1) is 11.3 Å². The van der Waals surface area contributed by atoms with Gasteiger partial charge in [0.05, 0.1) is 6.10 Å². The van der Waals surface area contributed by atoms with Gasteiger partial charge in [0.25, 0.3) is 0 Å². The molecule has 1 atom stereocenters. The summed E-state index contributed by atoms with van der Waals surface area (Å²) in [5.41, 5.74) is 0.921. The maximum Gasteiger partial charge on any atom is 0.0838 e. The van der Waals surface area contributed by atoms with Crippen LogP contribution in [0.2, 0.25) is 0 Å². The highest BCUT2D eigenvalue weighted by molar-refractivity contribution is 9.13. The third kappa shape index (κ3) is 3.64. The second-order valence-electron chi connectivity index (χ2n) is 3.62. The SMILES string of the molecule is OC(Cc1cc(Br)cs1)c1ccc(Br)c(Br)c1. The molecule has 17 heavy (non-hydrogen) atoms. The summed E-state index contributed by atoms with van der Waals surface area (Å²) >= 11 is 11.9. The van der Waals surface area contributed by atoms with Gasteiger partial charge >= 0.3 is 0 Å². The highest BCUT2D eigenvalue weighted by Gasteiger charge is 2.11. The highest BCUT2D eigenvalue weighted by Crippen LogP contribution is 2.29. The third-order valence-electron chi connectivity index (χ3n) is 2.34. The summed E-state index contributed by atoms with van der Waals surface area (Å²) in [6, 6.07) is 7.86. The summed E-state index contributed by atoms with van der Waals surface area (Å²) in [7, 11) is 0. The van der Waals surface area contributed by atoms with Crippen LogP contribution in [-0.2, 0) is 6.42 Å². The minimum absolute atomic E-state index is 0.468. The molecule has 0 fully saturated rings. The van der Waals surface area contributed by atoms with Crippen LogP contribution in [0.4, 0.5) is 0 Å². The molecule has 1 heterocycles. The number of halogens is 3. The van der Waals surface area contributed by atoms with Crippen molar-refractivity contribution in [3.8, 4) is 0 Å². The fraction of sp³-hybridized carbons (Fsp3) is 0.167. The van der Waals surface area contributed by atoms with Gasteiger partial charge in [-0.1, -0.05) is 6.07 Å². The first-order valence-corrected chi connectivity index (χ1v) is 8.18. The smallest absolute Gasteiger partial charge is 0.0838 e. The largest absolute Gasteiger partial charge is 0.388 e. The highest BCUT2D eigenvalue weighted by atomic mass is 79.9. The van der Waals surface area contributed by atoms with Crippen LogP contribution < -0.4 is 0 Å². The van der Waals surface area contributed by atoms with E-state index in [1.165, 1.54) is 4.88 Å². The van der Waals surface area contributed by atoms with Gasteiger partial charge < -0.3 is 5.11 Å². The van der Waals surface area contributed by atoms with Crippen LogP contribution in [0.5, 0.6) is 0 Å². The average Bonchev–Trinajstić information content (AvgIpc) is 2.68. The molecule has 0 aliphatic rings. The summed E-state index contributed by atoms with van der Waals surface area (Å²) in [5, 5.41) is 12.2. The van der Waals surface area contributed by atoms with Gasteiger partial charge in [0.15, 0.2) is 0 Å². The molecule has 0 aliphatic carbocycles. The van der Waals surface area contributed by atoms with Crippen molar-refractivity contribution in [3.05, 3.63) is 53.5 Å². The molecule has 90 valence electrons. The molecule has 0 saturated heterocycles. The van der Waals surface area contributed by atoms with Gasteiger partial charge in [-0.2, -0.15) is 0 Å². The fourth-order valence-corrected chi connectivity index (χ4v) is 3.62. The summed E-state index contributed by atoms with van der Waals surface area (Å²) in [4.78, 5) is 1.17. The van der Waals surface area contributed by atoms with E-state index < -0.39 is 6.10 Å². The van der Waals surface area contributed by atoms with E-state index >= 15 is 0 Å². The van der Waals surface area contributed by atoms with E-state index in [1.54, 1.807) is 11.3 Å². The van der Waals surface area contributed by atoms with Crippen LogP contribution >= 0.6 is 59.1 Å². The number of hydrogen-bond acceptors (Lipinski definition) is 2. The van der Waals surface area contributed by atoms with Crippen molar-refractivity contribution < 1.29 is 5.11 Å². The molecule has 1 aromatic carbocycles. The molecule has 1 unspecified atom stereocenters. The molecular weight excluding hydrogens is 432 g/mol. The Morgan fingerprint density at radius 1 is 1.12 bits per heavy atom. The Labute approximate surface area is 129 Å². The first-order chi connectivity index (χ1) is 8.06. The number of aliphatic hydroxyl groups excluding tert-OH is 1. The van der Waals surface area contributed by atoms with Gasteiger partial charge in [0.2, 0.25) is 0 Å². The van der Waals surface area contributed by atoms with Crippen molar-refractivity contribution in [1.82, 2.24) is 0 Å². The molecular formula is C12H9Br3OS. The lowest BCUT2D eigenvalue weighted by Gasteiger charge is -2.10. The monoisotopic (exact) mass is 438 g/mol. The standard InChI is InChI=1S/C12H9Br3OS/c13-8-4-9(17-6-8)5-12(16)7-1-2-10(14)11(15)3-7/h1-4,6,12,16H,5H2. The van der Waals surface area contributed by atoms with E-state index in [0.29, 0.717) is 6.42 Å². The Kier molecular flexibility index (Phi) is 4.83. The zero-order valence-corrected chi connectivity index (χ0v) is 14.2. The zero-order valence-electron chi connectivity index (χ0n) is 8.66. The van der Waals surface area contributed by atoms with Gasteiger partial charge in [0.1, 0.15) is 0 Å². The Bertz CT molecular complexity index is 524. The minimum atomic E-state index is -0.468. The van der Waals surface area contributed by atoms with Gasteiger partial charge in [-0.25, -0.2) is 0 Å². The maximum atomic E-state index is 10.2. The van der Waals surface area contributed by atoms with Crippen LogP contribution in [0.25, 0.3) is 0 Å². The Morgan fingerprint density at radius 2 is 1.88 bits per heavy atom. The molecule has 2 rings (SSSR count). The van der Waals surface area contributed by atoms with E-state index in [0.717, 1.165) is 19.0 Å². The van der Waals surface area contributed by atoms with Crippen LogP contribution in [0.3, 0.4) is 0 Å². The first kappa shape index (κ1) is 13.7. The summed E-state index contributed by atoms with van der Waals surface area (Å²) in [5.74, 6) is 0. The first-order valence-electron chi connectivity index (χ1n) is 4.92. The molecule has 0 bridgehead atoms. The second-order valence-corrected chi connectivity index (χ2v) is 7.24. The van der Waals surface area contributed by atoms with E-state index in [4.69, 9.17) is 0 Å². The Hall–Kier alpha value is 0.320. The third-order valence-corrected chi connectivity index (χ3v) is 5.94. The molecule has 5 heteroatoms. The number of aliphatic hydroxyl groups is 1. The van der Waals surface area contributed by atoms with Crippen molar-refractivity contribution in [1.29, 1.82) is 0 Å². The van der Waals surface area contributed by atoms with Crippen molar-refractivity contribution >= 4 is 59.1 Å². The molecule has 1 N–H and O–H groups in total. The quantitative estimate of drug-likeness (QED) is 0.685. The lowest BCUT2D eigenvalue weighted by Crippen LogP contribution is -2.00. The van der Waals surface area contributed by atoms with Crippen LogP contribution in [0.15, 0.2) is 43.1 Å². The summed E-state index contributed by atoms with van der Waals surface area (Å²) < 4.78 is 3.02. The topological polar surface area (TPSA) is 20.2 Å². The van der Waals surface area contributed by atoms with Crippen LogP contribution in [0, 0.1) is 0 Å². The average molecular weight is 441 g/mol. The predicted octanol–water partition coefficient (Wildman–Crippen LogP) is 5.31. The maximum absolute atomic E-state index is 10.2. The van der Waals surface area contributed by atoms with Gasteiger partial charge in [-0.3, -0.25) is 0 Å². The Balaban J connectivity index is 2.14. The molecule has 0 amide bonds. The van der Waals surface area contributed by atoms with E-state index in [9.17, 15) is 5.11 Å². The number of thiophene rings is 1. The van der Waals surface area contributed by atoms with E-state index in [1.807, 2.05) is 29.6 Å². The molecule has 1 aromatic heterocycles. The lowest BCUT2D eigenvalue weighted by atomic mass is 10.1. The van der Waals surface area contributed by atoms with E-state index in [2.05, 4.69) is 47.8 Å². The normalized spacial score (nSPS) is 12.7. The predicted molar refractivity (Wildman–Crippen MR) is 82.5 cm³/mol. The van der Waals surface area contributed by atoms with Crippen LogP contribution in [-0.4, -0.2) is 5.11 Å². The van der Waals surface area contributed by atoms with Gasteiger partial charge in [0, 0.05) is 30.1 Å². The van der Waals surface area contributed by atoms with E-state index in [-0.39, 0.29) is 0 Å². The summed E-state index contributed by atoms with van der Waals surface area (Å²) in [6.45, 7) is 0. The zero-order chi connectivity index (χ0) is 12.4. The number of rotatable bonds is 3. The minimum Gasteiger partial charge on any atom is -0.388 e. The number of hydrogen-bond donors (Lipinski definition) is 1. The molecule has 1 nitrogen and oxygen atoms in total. The van der Waals surface area contributed by atoms with Gasteiger partial charge in [-0.05, 0) is 71.6 Å². The molecule has 2 aromatic rings. The molecule has 0 radical (unpaired) electrons. The number of benzene rings is 1. The fourth-order valence-electron chi connectivity index (χ4n) is 1.49. The second kappa shape index (κ2) is 5.97. The molecule has 0 aliphatic heterocycles. The molecule has 0 saturated carbocycles.